The number of nitrogens with one attached hydrogen (secondary N) is 1. The lowest BCUT2D eigenvalue weighted by molar-refractivity contribution is -0.00191. The Balaban J connectivity index is 0.000000247. The van der Waals surface area contributed by atoms with Crippen molar-refractivity contribution in [2.75, 3.05) is 13.1 Å². The van der Waals surface area contributed by atoms with Gasteiger partial charge in [0.1, 0.15) is 0 Å². The molecule has 102 valence electrons. The summed E-state index contributed by atoms with van der Waals surface area (Å²) < 4.78 is 0. The smallest absolute Gasteiger partial charge is 0.00436 e. The van der Waals surface area contributed by atoms with Crippen molar-refractivity contribution >= 4 is 0 Å². The monoisotopic (exact) mass is 241 g/mol. The van der Waals surface area contributed by atoms with Crippen molar-refractivity contribution in [1.82, 2.24) is 5.32 Å². The minimum Gasteiger partial charge on any atom is -0.412 e. The summed E-state index contributed by atoms with van der Waals surface area (Å²) >= 11 is 0. The summed E-state index contributed by atoms with van der Waals surface area (Å²) in [5.74, 6) is 1.97. The molecule has 3 fully saturated rings. The van der Waals surface area contributed by atoms with Gasteiger partial charge in [0.25, 0.3) is 0 Å². The highest BCUT2D eigenvalue weighted by Gasteiger charge is 2.44. The van der Waals surface area contributed by atoms with E-state index in [0.29, 0.717) is 0 Å². The van der Waals surface area contributed by atoms with Crippen LogP contribution in [0.4, 0.5) is 0 Å². The molecule has 0 atom stereocenters. The summed E-state index contributed by atoms with van der Waals surface area (Å²) in [7, 11) is 0. The van der Waals surface area contributed by atoms with Crippen LogP contribution in [-0.2, 0) is 0 Å². The zero-order chi connectivity index (χ0) is 11.4. The molecule has 0 radical (unpaired) electrons. The van der Waals surface area contributed by atoms with Gasteiger partial charge in [-0.15, -0.1) is 0 Å². The Hall–Kier alpha value is -0.0800. The van der Waals surface area contributed by atoms with E-state index in [1.54, 1.807) is 0 Å². The van der Waals surface area contributed by atoms with Crippen molar-refractivity contribution < 1.29 is 5.48 Å². The molecule has 2 nitrogen and oxygen atoms in total. The summed E-state index contributed by atoms with van der Waals surface area (Å²) in [6, 6.07) is 0. The van der Waals surface area contributed by atoms with Gasteiger partial charge >= 0.3 is 0 Å². The number of piperidine rings is 1. The Labute approximate surface area is 107 Å². The van der Waals surface area contributed by atoms with Gasteiger partial charge in [-0.1, -0.05) is 39.5 Å². The van der Waals surface area contributed by atoms with Crippen molar-refractivity contribution in [3.63, 3.8) is 0 Å². The van der Waals surface area contributed by atoms with E-state index in [4.69, 9.17) is 0 Å². The molecule has 3 rings (SSSR count). The lowest BCUT2D eigenvalue weighted by atomic mass is 9.55. The number of hydrogen-bond donors (Lipinski definition) is 1. The molecular formula is C15H31NO. The zero-order valence-electron chi connectivity index (χ0n) is 11.7. The van der Waals surface area contributed by atoms with Gasteiger partial charge in [-0.25, -0.2) is 0 Å². The lowest BCUT2D eigenvalue weighted by Crippen LogP contribution is -2.46. The third-order valence-corrected chi connectivity index (χ3v) is 5.00. The average Bonchev–Trinajstić information content (AvgIpc) is 2.12. The molecule has 0 aromatic carbocycles. The molecule has 0 bridgehead atoms. The molecule has 2 aliphatic carbocycles. The van der Waals surface area contributed by atoms with Crippen molar-refractivity contribution in [1.29, 1.82) is 0 Å². The van der Waals surface area contributed by atoms with Gasteiger partial charge in [0.05, 0.1) is 0 Å². The summed E-state index contributed by atoms with van der Waals surface area (Å²) in [5.41, 5.74) is 0.792. The van der Waals surface area contributed by atoms with Crippen LogP contribution in [0.3, 0.4) is 0 Å². The Morgan fingerprint density at radius 2 is 1.41 bits per heavy atom. The Morgan fingerprint density at radius 1 is 0.941 bits per heavy atom. The molecule has 1 heterocycles. The first-order chi connectivity index (χ1) is 7.72. The molecule has 17 heavy (non-hydrogen) atoms. The van der Waals surface area contributed by atoms with Gasteiger partial charge in [0.15, 0.2) is 0 Å². The zero-order valence-corrected chi connectivity index (χ0v) is 11.7. The van der Waals surface area contributed by atoms with Gasteiger partial charge in [0, 0.05) is 0 Å². The quantitative estimate of drug-likeness (QED) is 0.753. The summed E-state index contributed by atoms with van der Waals surface area (Å²) in [6.45, 7) is 7.28. The van der Waals surface area contributed by atoms with E-state index in [9.17, 15) is 0 Å². The van der Waals surface area contributed by atoms with Gasteiger partial charge < -0.3 is 10.8 Å². The molecule has 2 heteroatoms. The summed E-state index contributed by atoms with van der Waals surface area (Å²) in [4.78, 5) is 0. The third kappa shape index (κ3) is 3.96. The maximum absolute atomic E-state index is 3.45. The second-order valence-electron chi connectivity index (χ2n) is 6.58. The SMILES string of the molecule is C1CCC1.CC(C)C1CC2(CCNCC2)C1.O. The maximum atomic E-state index is 3.45. The molecule has 2 saturated carbocycles. The molecule has 1 aliphatic heterocycles. The topological polar surface area (TPSA) is 43.5 Å². The van der Waals surface area contributed by atoms with Gasteiger partial charge in [-0.05, 0) is 56.0 Å². The van der Waals surface area contributed by atoms with E-state index in [0.717, 1.165) is 17.3 Å². The van der Waals surface area contributed by atoms with Crippen molar-refractivity contribution in [3.8, 4) is 0 Å². The Kier molecular flexibility index (Phi) is 5.94. The van der Waals surface area contributed by atoms with Gasteiger partial charge in [-0.3, -0.25) is 0 Å². The van der Waals surface area contributed by atoms with Crippen LogP contribution < -0.4 is 5.32 Å². The highest BCUT2D eigenvalue weighted by molar-refractivity contribution is 4.96. The van der Waals surface area contributed by atoms with Crippen molar-refractivity contribution in [2.24, 2.45) is 17.3 Å². The fourth-order valence-corrected chi connectivity index (χ4v) is 3.14. The van der Waals surface area contributed by atoms with Crippen LogP contribution in [0.5, 0.6) is 0 Å². The minimum absolute atomic E-state index is 0. The Bertz CT molecular complexity index is 193. The van der Waals surface area contributed by atoms with Crippen LogP contribution in [0.25, 0.3) is 0 Å². The maximum Gasteiger partial charge on any atom is -0.00436 e. The summed E-state index contributed by atoms with van der Waals surface area (Å²) in [6.07, 6.45) is 11.9. The third-order valence-electron chi connectivity index (χ3n) is 5.00. The van der Waals surface area contributed by atoms with Crippen LogP contribution in [0.2, 0.25) is 0 Å². The average molecular weight is 241 g/mol. The van der Waals surface area contributed by atoms with E-state index in [2.05, 4.69) is 19.2 Å². The van der Waals surface area contributed by atoms with E-state index in [-0.39, 0.29) is 5.48 Å². The highest BCUT2D eigenvalue weighted by Crippen LogP contribution is 2.53. The predicted octanol–water partition coefficient (Wildman–Crippen LogP) is 3.16. The fourth-order valence-electron chi connectivity index (χ4n) is 3.14. The number of rotatable bonds is 1. The molecular weight excluding hydrogens is 210 g/mol. The van der Waals surface area contributed by atoms with Crippen LogP contribution in [0, 0.1) is 17.3 Å². The standard InChI is InChI=1S/C11H21N.C4H8.H2O/c1-9(2)10-7-11(8-10)3-5-12-6-4-11;1-2-4-3-1;/h9-10,12H,3-8H2,1-2H3;1-4H2;1H2. The van der Waals surface area contributed by atoms with Gasteiger partial charge in [-0.2, -0.15) is 0 Å². The van der Waals surface area contributed by atoms with Gasteiger partial charge in [0.2, 0.25) is 0 Å². The molecule has 3 N–H and O–H groups in total. The molecule has 3 aliphatic rings. The van der Waals surface area contributed by atoms with Crippen LogP contribution >= 0.6 is 0 Å². The molecule has 0 amide bonds. The van der Waals surface area contributed by atoms with Crippen LogP contribution in [-0.4, -0.2) is 18.6 Å². The van der Waals surface area contributed by atoms with Crippen molar-refractivity contribution in [2.45, 2.75) is 65.2 Å². The second kappa shape index (κ2) is 6.75. The first-order valence-electron chi connectivity index (χ1n) is 7.43. The second-order valence-corrected chi connectivity index (χ2v) is 6.58. The molecule has 0 aromatic rings. The number of hydrogen-bond acceptors (Lipinski definition) is 1. The van der Waals surface area contributed by atoms with E-state index in [1.807, 2.05) is 0 Å². The molecule has 0 aromatic heterocycles. The largest absolute Gasteiger partial charge is 0.412 e. The van der Waals surface area contributed by atoms with E-state index in [1.165, 1.54) is 64.5 Å². The summed E-state index contributed by atoms with van der Waals surface area (Å²) in [5, 5.41) is 3.45. The predicted molar refractivity (Wildman–Crippen MR) is 74.2 cm³/mol. The van der Waals surface area contributed by atoms with Crippen LogP contribution in [0.1, 0.15) is 65.2 Å². The fraction of sp³-hybridized carbons (Fsp3) is 1.00. The molecule has 1 saturated heterocycles. The lowest BCUT2D eigenvalue weighted by Gasteiger charge is -2.52. The van der Waals surface area contributed by atoms with E-state index < -0.39 is 0 Å². The highest BCUT2D eigenvalue weighted by atomic mass is 16.0. The first-order valence-corrected chi connectivity index (χ1v) is 7.43. The first kappa shape index (κ1) is 15.0. The minimum atomic E-state index is 0. The Morgan fingerprint density at radius 3 is 1.76 bits per heavy atom. The molecule has 0 unspecified atom stereocenters. The molecule has 1 spiro atoms. The van der Waals surface area contributed by atoms with Crippen LogP contribution in [0.15, 0.2) is 0 Å². The van der Waals surface area contributed by atoms with E-state index >= 15 is 0 Å². The van der Waals surface area contributed by atoms with Crippen molar-refractivity contribution in [3.05, 3.63) is 0 Å². The normalized spacial score (nSPS) is 26.3.